The van der Waals surface area contributed by atoms with E-state index in [2.05, 4.69) is 24.3 Å². The summed E-state index contributed by atoms with van der Waals surface area (Å²) in [4.78, 5) is 15.6. The molecule has 1 aliphatic heterocycles. The number of benzene rings is 3. The van der Waals surface area contributed by atoms with Crippen molar-refractivity contribution in [3.63, 3.8) is 0 Å². The van der Waals surface area contributed by atoms with E-state index < -0.39 is 0 Å². The molecule has 0 saturated carbocycles. The minimum atomic E-state index is 0.0600. The Labute approximate surface area is 199 Å². The Kier molecular flexibility index (Phi) is 6.37. The molecule has 0 N–H and O–H groups in total. The van der Waals surface area contributed by atoms with Crippen molar-refractivity contribution in [2.45, 2.75) is 13.3 Å². The van der Waals surface area contributed by atoms with E-state index in [0.717, 1.165) is 45.4 Å². The van der Waals surface area contributed by atoms with E-state index in [0.29, 0.717) is 26.3 Å². The molecule has 1 amide bonds. The second-order valence-corrected chi connectivity index (χ2v) is 8.90. The molecule has 5 rings (SSSR count). The number of amides is 1. The summed E-state index contributed by atoms with van der Waals surface area (Å²) in [7, 11) is 1.66. The fraction of sp³-hybridized carbons (Fsp3) is 0.276. The van der Waals surface area contributed by atoms with Gasteiger partial charge in [-0.2, -0.15) is 0 Å². The molecule has 1 saturated heterocycles. The molecule has 4 aromatic rings. The zero-order valence-corrected chi connectivity index (χ0v) is 19.6. The molecule has 0 spiro atoms. The van der Waals surface area contributed by atoms with Gasteiger partial charge in [-0.1, -0.05) is 36.4 Å². The van der Waals surface area contributed by atoms with Crippen LogP contribution in [0.25, 0.3) is 22.1 Å². The van der Waals surface area contributed by atoms with Crippen LogP contribution in [0.1, 0.15) is 21.5 Å². The third-order valence-corrected chi connectivity index (χ3v) is 6.64. The van der Waals surface area contributed by atoms with Gasteiger partial charge in [0, 0.05) is 30.0 Å². The number of carbonyl (C=O) groups is 1. The van der Waals surface area contributed by atoms with Crippen LogP contribution in [0.4, 0.5) is 0 Å². The predicted molar refractivity (Wildman–Crippen MR) is 133 cm³/mol. The maximum Gasteiger partial charge on any atom is 0.254 e. The molecule has 1 aliphatic rings. The monoisotopic (exact) mass is 455 g/mol. The average Bonchev–Trinajstić information content (AvgIpc) is 3.21. The van der Waals surface area contributed by atoms with E-state index in [1.807, 2.05) is 54.3 Å². The number of ether oxygens (including phenoxy) is 2. The lowest BCUT2D eigenvalue weighted by Gasteiger charge is -2.25. The number of rotatable bonds is 5. The molecule has 1 atom stereocenters. The first-order valence-electron chi connectivity index (χ1n) is 11.7. The van der Waals surface area contributed by atoms with Gasteiger partial charge < -0.3 is 18.8 Å². The van der Waals surface area contributed by atoms with Gasteiger partial charge in [0.2, 0.25) is 0 Å². The van der Waals surface area contributed by atoms with E-state index in [1.54, 1.807) is 13.4 Å². The lowest BCUT2D eigenvalue weighted by atomic mass is 9.95. The summed E-state index contributed by atoms with van der Waals surface area (Å²) in [5.41, 5.74) is 5.95. The normalized spacial score (nSPS) is 16.4. The van der Waals surface area contributed by atoms with Crippen LogP contribution in [0.2, 0.25) is 0 Å². The van der Waals surface area contributed by atoms with E-state index >= 15 is 0 Å². The Morgan fingerprint density at radius 1 is 1.09 bits per heavy atom. The van der Waals surface area contributed by atoms with Crippen LogP contribution in [0.5, 0.6) is 5.75 Å². The molecule has 5 nitrogen and oxygen atoms in total. The number of methoxy groups -OCH3 is 1. The number of hydrogen-bond acceptors (Lipinski definition) is 4. The molecule has 34 heavy (non-hydrogen) atoms. The molecule has 0 radical (unpaired) electrons. The van der Waals surface area contributed by atoms with Gasteiger partial charge >= 0.3 is 0 Å². The van der Waals surface area contributed by atoms with Crippen molar-refractivity contribution in [3.05, 3.63) is 89.7 Å². The van der Waals surface area contributed by atoms with Crippen molar-refractivity contribution in [1.29, 1.82) is 0 Å². The lowest BCUT2D eigenvalue weighted by Crippen LogP contribution is -2.36. The molecule has 0 bridgehead atoms. The van der Waals surface area contributed by atoms with Gasteiger partial charge in [-0.15, -0.1) is 0 Å². The molecule has 0 aliphatic carbocycles. The smallest absolute Gasteiger partial charge is 0.254 e. The van der Waals surface area contributed by atoms with Crippen molar-refractivity contribution in [3.8, 4) is 16.9 Å². The Bertz CT molecular complexity index is 1290. The highest BCUT2D eigenvalue weighted by atomic mass is 16.5. The molecule has 3 aromatic carbocycles. The minimum absolute atomic E-state index is 0.0600. The Morgan fingerprint density at radius 2 is 1.94 bits per heavy atom. The second-order valence-electron chi connectivity index (χ2n) is 8.90. The maximum absolute atomic E-state index is 13.6. The number of carbonyl (C=O) groups excluding carboxylic acids is 1. The van der Waals surface area contributed by atoms with E-state index in [1.165, 1.54) is 5.56 Å². The fourth-order valence-corrected chi connectivity index (χ4v) is 4.77. The highest BCUT2D eigenvalue weighted by Gasteiger charge is 2.25. The van der Waals surface area contributed by atoms with Crippen LogP contribution in [-0.2, 0) is 11.2 Å². The van der Waals surface area contributed by atoms with Crippen LogP contribution >= 0.6 is 0 Å². The number of furan rings is 1. The Morgan fingerprint density at radius 3 is 2.76 bits per heavy atom. The van der Waals surface area contributed by atoms with E-state index in [9.17, 15) is 4.79 Å². The zero-order valence-electron chi connectivity index (χ0n) is 19.6. The quantitative estimate of drug-likeness (QED) is 0.385. The summed E-state index contributed by atoms with van der Waals surface area (Å²) < 4.78 is 16.7. The van der Waals surface area contributed by atoms with Gasteiger partial charge in [-0.05, 0) is 65.9 Å². The number of fused-ring (bicyclic) bond motifs is 1. The topological polar surface area (TPSA) is 51.9 Å². The summed E-state index contributed by atoms with van der Waals surface area (Å²) >= 11 is 0. The van der Waals surface area contributed by atoms with Crippen molar-refractivity contribution in [2.75, 3.05) is 33.4 Å². The van der Waals surface area contributed by atoms with Crippen LogP contribution in [-0.4, -0.2) is 44.2 Å². The van der Waals surface area contributed by atoms with Crippen LogP contribution < -0.4 is 4.74 Å². The number of hydrogen-bond donors (Lipinski definition) is 0. The van der Waals surface area contributed by atoms with Gasteiger partial charge in [-0.3, -0.25) is 4.79 Å². The zero-order chi connectivity index (χ0) is 23.5. The number of nitrogens with zero attached hydrogens (tertiary/aromatic N) is 1. The first-order valence-corrected chi connectivity index (χ1v) is 11.7. The third-order valence-electron chi connectivity index (χ3n) is 6.64. The summed E-state index contributed by atoms with van der Waals surface area (Å²) in [5.74, 6) is 1.10. The predicted octanol–water partition coefficient (Wildman–Crippen LogP) is 5.75. The van der Waals surface area contributed by atoms with Gasteiger partial charge in [0.05, 0.1) is 26.6 Å². The third kappa shape index (κ3) is 4.57. The largest absolute Gasteiger partial charge is 0.497 e. The Hall–Kier alpha value is -3.57. The molecular formula is C29H29NO4. The SMILES string of the molecule is COc1ccc(-c2cccc(C(=O)N3CCOCC(Cc4ccc5ccoc5c4)C3)c2C)cc1. The first-order chi connectivity index (χ1) is 16.6. The molecule has 1 fully saturated rings. The second kappa shape index (κ2) is 9.74. The highest BCUT2D eigenvalue weighted by molar-refractivity contribution is 5.97. The summed E-state index contributed by atoms with van der Waals surface area (Å²) in [5, 5.41) is 1.10. The Balaban J connectivity index is 1.35. The van der Waals surface area contributed by atoms with Crippen molar-refractivity contribution < 1.29 is 18.7 Å². The summed E-state index contributed by atoms with van der Waals surface area (Å²) in [6, 6.07) is 22.2. The van der Waals surface area contributed by atoms with Crippen LogP contribution in [0.3, 0.4) is 0 Å². The summed E-state index contributed by atoms with van der Waals surface area (Å²) in [6.07, 6.45) is 2.55. The van der Waals surface area contributed by atoms with Gasteiger partial charge in [0.15, 0.2) is 0 Å². The van der Waals surface area contributed by atoms with Gasteiger partial charge in [0.25, 0.3) is 5.91 Å². The van der Waals surface area contributed by atoms with Gasteiger partial charge in [-0.25, -0.2) is 0 Å². The standard InChI is InChI=1S/C29H29NO4/c1-20-26(23-8-10-25(32-2)11-9-23)4-3-5-27(20)29(31)30-13-15-33-19-22(18-30)16-21-6-7-24-12-14-34-28(24)17-21/h3-12,14,17,22H,13,15-16,18-19H2,1-2H3. The maximum atomic E-state index is 13.6. The van der Waals surface area contributed by atoms with Crippen molar-refractivity contribution in [1.82, 2.24) is 4.90 Å². The summed E-state index contributed by atoms with van der Waals surface area (Å²) in [6.45, 7) is 4.48. The average molecular weight is 456 g/mol. The molecule has 1 unspecified atom stereocenters. The molecule has 174 valence electrons. The minimum Gasteiger partial charge on any atom is -0.497 e. The fourth-order valence-electron chi connectivity index (χ4n) is 4.77. The first kappa shape index (κ1) is 22.2. The lowest BCUT2D eigenvalue weighted by molar-refractivity contribution is 0.0736. The highest BCUT2D eigenvalue weighted by Crippen LogP contribution is 2.29. The van der Waals surface area contributed by atoms with Crippen molar-refractivity contribution in [2.24, 2.45) is 5.92 Å². The molecule has 5 heteroatoms. The molecule has 1 aromatic heterocycles. The molecule has 2 heterocycles. The van der Waals surface area contributed by atoms with Crippen LogP contribution in [0, 0.1) is 12.8 Å². The van der Waals surface area contributed by atoms with E-state index in [-0.39, 0.29) is 11.8 Å². The van der Waals surface area contributed by atoms with E-state index in [4.69, 9.17) is 13.9 Å². The molecular weight excluding hydrogens is 426 g/mol. The van der Waals surface area contributed by atoms with Gasteiger partial charge in [0.1, 0.15) is 11.3 Å². The van der Waals surface area contributed by atoms with Crippen LogP contribution in [0.15, 0.2) is 77.4 Å². The van der Waals surface area contributed by atoms with Crippen molar-refractivity contribution >= 4 is 16.9 Å².